The highest BCUT2D eigenvalue weighted by Gasteiger charge is 2.20. The van der Waals surface area contributed by atoms with Crippen molar-refractivity contribution in [1.29, 1.82) is 0 Å². The summed E-state index contributed by atoms with van der Waals surface area (Å²) in [5.74, 6) is 0.366. The monoisotopic (exact) mass is 305 g/mol. The first-order chi connectivity index (χ1) is 10.1. The minimum absolute atomic E-state index is 0.257. The van der Waals surface area contributed by atoms with Crippen LogP contribution in [0.15, 0.2) is 24.3 Å². The zero-order valence-corrected chi connectivity index (χ0v) is 13.2. The lowest BCUT2D eigenvalue weighted by atomic mass is 10.2. The lowest BCUT2D eigenvalue weighted by Gasteiger charge is -2.08. The third-order valence-electron chi connectivity index (χ3n) is 3.75. The van der Waals surface area contributed by atoms with Gasteiger partial charge in [0.05, 0.1) is 0 Å². The van der Waals surface area contributed by atoms with Crippen molar-refractivity contribution < 1.29 is 9.13 Å². The van der Waals surface area contributed by atoms with Crippen molar-refractivity contribution in [2.75, 3.05) is 0 Å². The van der Waals surface area contributed by atoms with Crippen LogP contribution in [0.1, 0.15) is 33.7 Å². The first-order valence-electron chi connectivity index (χ1n) is 7.32. The van der Waals surface area contributed by atoms with Gasteiger partial charge in [-0.15, -0.1) is 11.3 Å². The average Bonchev–Trinajstić information content (AvgIpc) is 3.22. The van der Waals surface area contributed by atoms with Crippen molar-refractivity contribution in [2.24, 2.45) is 0 Å². The summed E-state index contributed by atoms with van der Waals surface area (Å²) in [5, 5.41) is 3.52. The Kier molecular flexibility index (Phi) is 4.27. The molecule has 0 unspecified atom stereocenters. The van der Waals surface area contributed by atoms with E-state index in [1.165, 1.54) is 40.3 Å². The Labute approximate surface area is 129 Å². The summed E-state index contributed by atoms with van der Waals surface area (Å²) >= 11 is 1.81. The van der Waals surface area contributed by atoms with Crippen LogP contribution in [0.25, 0.3) is 0 Å². The summed E-state index contributed by atoms with van der Waals surface area (Å²) in [6, 6.07) is 7.58. The molecule has 1 aromatic carbocycles. The van der Waals surface area contributed by atoms with Crippen molar-refractivity contribution >= 4 is 11.3 Å². The molecule has 1 aromatic heterocycles. The summed E-state index contributed by atoms with van der Waals surface area (Å²) in [6.45, 7) is 5.48. The van der Waals surface area contributed by atoms with Gasteiger partial charge < -0.3 is 10.1 Å². The Morgan fingerprint density at radius 2 is 2.10 bits per heavy atom. The highest BCUT2D eigenvalue weighted by molar-refractivity contribution is 7.12. The van der Waals surface area contributed by atoms with E-state index in [2.05, 4.69) is 18.3 Å². The van der Waals surface area contributed by atoms with Gasteiger partial charge in [-0.25, -0.2) is 4.39 Å². The fraction of sp³-hybridized carbons (Fsp3) is 0.412. The largest absolute Gasteiger partial charge is 0.488 e. The molecule has 1 fully saturated rings. The van der Waals surface area contributed by atoms with Gasteiger partial charge in [-0.2, -0.15) is 0 Å². The van der Waals surface area contributed by atoms with Crippen LogP contribution in [-0.4, -0.2) is 6.04 Å². The summed E-state index contributed by atoms with van der Waals surface area (Å²) < 4.78 is 19.0. The molecule has 1 aliphatic carbocycles. The maximum Gasteiger partial charge on any atom is 0.126 e. The molecule has 0 spiro atoms. The zero-order chi connectivity index (χ0) is 14.8. The molecule has 1 aliphatic rings. The number of halogens is 1. The Hall–Kier alpha value is -1.39. The molecule has 2 nitrogen and oxygen atoms in total. The average molecular weight is 305 g/mol. The quantitative estimate of drug-likeness (QED) is 0.857. The number of nitrogens with one attached hydrogen (secondary N) is 1. The molecule has 0 bridgehead atoms. The maximum atomic E-state index is 13.3. The summed E-state index contributed by atoms with van der Waals surface area (Å²) in [5.41, 5.74) is 2.15. The molecule has 112 valence electrons. The van der Waals surface area contributed by atoms with E-state index in [0.717, 1.165) is 18.2 Å². The molecular formula is C17H20FNOS. The molecule has 21 heavy (non-hydrogen) atoms. The molecule has 4 heteroatoms. The van der Waals surface area contributed by atoms with Crippen LogP contribution < -0.4 is 10.1 Å². The summed E-state index contributed by atoms with van der Waals surface area (Å²) in [6.07, 6.45) is 2.61. The van der Waals surface area contributed by atoms with Crippen molar-refractivity contribution in [2.45, 2.75) is 45.9 Å². The SMILES string of the molecule is Cc1ccc(F)cc1OCc1cc(CNC2CC2)sc1C. The van der Waals surface area contributed by atoms with Gasteiger partial charge in [0.1, 0.15) is 18.2 Å². The Morgan fingerprint density at radius 1 is 1.29 bits per heavy atom. The van der Waals surface area contributed by atoms with E-state index in [1.807, 2.05) is 18.3 Å². The lowest BCUT2D eigenvalue weighted by Crippen LogP contribution is -2.14. The normalized spacial score (nSPS) is 14.4. The minimum atomic E-state index is -0.257. The van der Waals surface area contributed by atoms with Gasteiger partial charge in [0, 0.05) is 34.0 Å². The standard InChI is InChI=1S/C17H20FNOS/c1-11-3-4-14(18)8-17(11)20-10-13-7-16(21-12(13)2)9-19-15-5-6-15/h3-4,7-8,15,19H,5-6,9-10H2,1-2H3. The molecule has 0 saturated heterocycles. The molecule has 2 aromatic rings. The minimum Gasteiger partial charge on any atom is -0.488 e. The second-order valence-corrected chi connectivity index (χ2v) is 6.99. The molecular weight excluding hydrogens is 285 g/mol. The maximum absolute atomic E-state index is 13.3. The van der Waals surface area contributed by atoms with Crippen LogP contribution in [0.4, 0.5) is 4.39 Å². The molecule has 1 saturated carbocycles. The number of benzene rings is 1. The van der Waals surface area contributed by atoms with E-state index >= 15 is 0 Å². The van der Waals surface area contributed by atoms with Crippen LogP contribution in [0, 0.1) is 19.7 Å². The van der Waals surface area contributed by atoms with Gasteiger partial charge in [0.15, 0.2) is 0 Å². The van der Waals surface area contributed by atoms with Crippen molar-refractivity contribution in [3.8, 4) is 5.75 Å². The third-order valence-corrected chi connectivity index (χ3v) is 4.84. The first-order valence-corrected chi connectivity index (χ1v) is 8.14. The van der Waals surface area contributed by atoms with Gasteiger partial charge in [-0.05, 0) is 44.4 Å². The molecule has 3 rings (SSSR count). The van der Waals surface area contributed by atoms with E-state index in [0.29, 0.717) is 12.4 Å². The number of hydrogen-bond acceptors (Lipinski definition) is 3. The van der Waals surface area contributed by atoms with Crippen LogP contribution in [0.5, 0.6) is 5.75 Å². The fourth-order valence-electron chi connectivity index (χ4n) is 2.24. The highest BCUT2D eigenvalue weighted by atomic mass is 32.1. The predicted molar refractivity (Wildman–Crippen MR) is 84.4 cm³/mol. The number of aryl methyl sites for hydroxylation is 2. The van der Waals surface area contributed by atoms with Gasteiger partial charge in [-0.1, -0.05) is 6.07 Å². The highest BCUT2D eigenvalue weighted by Crippen LogP contribution is 2.26. The number of thiophene rings is 1. The van der Waals surface area contributed by atoms with E-state index in [4.69, 9.17) is 4.74 Å². The Bertz CT molecular complexity index is 634. The van der Waals surface area contributed by atoms with Crippen LogP contribution >= 0.6 is 11.3 Å². The van der Waals surface area contributed by atoms with Crippen LogP contribution in [0.3, 0.4) is 0 Å². The van der Waals surface area contributed by atoms with Crippen molar-refractivity contribution in [3.63, 3.8) is 0 Å². The van der Waals surface area contributed by atoms with Gasteiger partial charge >= 0.3 is 0 Å². The van der Waals surface area contributed by atoms with Crippen molar-refractivity contribution in [3.05, 3.63) is 51.0 Å². The molecule has 0 radical (unpaired) electrons. The number of ether oxygens (including phenoxy) is 1. The number of rotatable bonds is 6. The molecule has 0 atom stereocenters. The smallest absolute Gasteiger partial charge is 0.126 e. The van der Waals surface area contributed by atoms with Gasteiger partial charge in [0.2, 0.25) is 0 Å². The van der Waals surface area contributed by atoms with Crippen LogP contribution in [0.2, 0.25) is 0 Å². The van der Waals surface area contributed by atoms with Gasteiger partial charge in [-0.3, -0.25) is 0 Å². The van der Waals surface area contributed by atoms with E-state index in [1.54, 1.807) is 6.07 Å². The Balaban J connectivity index is 1.62. The lowest BCUT2D eigenvalue weighted by molar-refractivity contribution is 0.302. The fourth-order valence-corrected chi connectivity index (χ4v) is 3.23. The van der Waals surface area contributed by atoms with Gasteiger partial charge in [0.25, 0.3) is 0 Å². The van der Waals surface area contributed by atoms with E-state index in [-0.39, 0.29) is 5.82 Å². The second-order valence-electron chi connectivity index (χ2n) is 5.65. The third kappa shape index (κ3) is 3.83. The van der Waals surface area contributed by atoms with E-state index in [9.17, 15) is 4.39 Å². The molecule has 0 amide bonds. The summed E-state index contributed by atoms with van der Waals surface area (Å²) in [4.78, 5) is 2.62. The molecule has 1 N–H and O–H groups in total. The predicted octanol–water partition coefficient (Wildman–Crippen LogP) is 4.34. The zero-order valence-electron chi connectivity index (χ0n) is 12.4. The van der Waals surface area contributed by atoms with E-state index < -0.39 is 0 Å². The number of hydrogen-bond donors (Lipinski definition) is 1. The first kappa shape index (κ1) is 14.5. The Morgan fingerprint density at radius 3 is 2.86 bits per heavy atom. The second kappa shape index (κ2) is 6.16. The molecule has 1 heterocycles. The topological polar surface area (TPSA) is 21.3 Å². The summed E-state index contributed by atoms with van der Waals surface area (Å²) in [7, 11) is 0. The van der Waals surface area contributed by atoms with Crippen molar-refractivity contribution in [1.82, 2.24) is 5.32 Å². The van der Waals surface area contributed by atoms with Crippen LogP contribution in [-0.2, 0) is 13.2 Å². The molecule has 0 aliphatic heterocycles.